The third-order valence-corrected chi connectivity index (χ3v) is 9.25. The number of alkyl halides is 3. The Hall–Kier alpha value is -2.18. The number of benzene rings is 1. The van der Waals surface area contributed by atoms with E-state index < -0.39 is 39.0 Å². The maximum Gasteiger partial charge on any atom is 0.416 e. The average Bonchev–Trinajstić information content (AvgIpc) is 3.55. The summed E-state index contributed by atoms with van der Waals surface area (Å²) in [6, 6.07) is 3.88. The lowest BCUT2D eigenvalue weighted by Crippen LogP contribution is -2.52. The van der Waals surface area contributed by atoms with Crippen molar-refractivity contribution in [2.45, 2.75) is 56.1 Å². The first kappa shape index (κ1) is 25.9. The number of carbonyl (C=O) groups excluding carboxylic acids is 2. The van der Waals surface area contributed by atoms with Gasteiger partial charge in [0.15, 0.2) is 0 Å². The minimum absolute atomic E-state index is 0.0500. The van der Waals surface area contributed by atoms with Crippen molar-refractivity contribution in [1.29, 1.82) is 0 Å². The molecule has 3 aliphatic rings. The van der Waals surface area contributed by atoms with Crippen molar-refractivity contribution in [1.82, 2.24) is 14.5 Å². The van der Waals surface area contributed by atoms with E-state index in [4.69, 9.17) is 4.74 Å². The summed E-state index contributed by atoms with van der Waals surface area (Å²) in [5.74, 6) is -1.09. The number of piperidine rings is 1. The van der Waals surface area contributed by atoms with Crippen LogP contribution in [0.1, 0.15) is 43.2 Å². The van der Waals surface area contributed by atoms with Gasteiger partial charge in [-0.25, -0.2) is 12.7 Å². The van der Waals surface area contributed by atoms with Crippen LogP contribution in [0.5, 0.6) is 0 Å². The van der Waals surface area contributed by atoms with Crippen LogP contribution in [0.2, 0.25) is 0 Å². The van der Waals surface area contributed by atoms with E-state index in [1.165, 1.54) is 21.3 Å². The van der Waals surface area contributed by atoms with Crippen molar-refractivity contribution in [2.24, 2.45) is 5.92 Å². The normalized spacial score (nSPS) is 26.1. The molecule has 3 aliphatic heterocycles. The molecule has 8 nitrogen and oxygen atoms in total. The highest BCUT2D eigenvalue weighted by Crippen LogP contribution is 2.30. The van der Waals surface area contributed by atoms with Crippen LogP contribution in [0.25, 0.3) is 0 Å². The largest absolute Gasteiger partial charge is 0.416 e. The number of ether oxygens (including phenoxy) is 1. The zero-order chi connectivity index (χ0) is 25.2. The molecule has 3 saturated heterocycles. The molecule has 3 atom stereocenters. The molecule has 3 heterocycles. The van der Waals surface area contributed by atoms with E-state index in [9.17, 15) is 31.2 Å². The van der Waals surface area contributed by atoms with Gasteiger partial charge in [-0.15, -0.1) is 0 Å². The first-order valence-electron chi connectivity index (χ1n) is 11.9. The molecule has 2 amide bonds. The summed E-state index contributed by atoms with van der Waals surface area (Å²) in [5, 5.41) is 2.15. The van der Waals surface area contributed by atoms with Gasteiger partial charge >= 0.3 is 6.18 Å². The van der Waals surface area contributed by atoms with Gasteiger partial charge in [0.2, 0.25) is 21.8 Å². The number of hydrogen-bond donors (Lipinski definition) is 1. The molecule has 12 heteroatoms. The number of likely N-dealkylation sites (tertiary alicyclic amines) is 1. The number of carbonyl (C=O) groups is 2. The second kappa shape index (κ2) is 10.4. The predicted octanol–water partition coefficient (Wildman–Crippen LogP) is 2.14. The summed E-state index contributed by atoms with van der Waals surface area (Å²) in [6.45, 7) is 1.53. The summed E-state index contributed by atoms with van der Waals surface area (Å²) >= 11 is 0. The van der Waals surface area contributed by atoms with Crippen molar-refractivity contribution >= 4 is 21.8 Å². The number of sulfonamides is 1. The smallest absolute Gasteiger partial charge is 0.380 e. The van der Waals surface area contributed by atoms with Crippen LogP contribution >= 0.6 is 0 Å². The van der Waals surface area contributed by atoms with Crippen molar-refractivity contribution in [3.63, 3.8) is 0 Å². The van der Waals surface area contributed by atoms with Gasteiger partial charge in [0.05, 0.1) is 18.1 Å². The predicted molar refractivity (Wildman–Crippen MR) is 120 cm³/mol. The van der Waals surface area contributed by atoms with Gasteiger partial charge in [0.1, 0.15) is 11.3 Å². The highest BCUT2D eigenvalue weighted by molar-refractivity contribution is 7.89. The fraction of sp³-hybridized carbons (Fsp3) is 0.652. The van der Waals surface area contributed by atoms with E-state index in [2.05, 4.69) is 5.32 Å². The first-order chi connectivity index (χ1) is 16.6. The third-order valence-electron chi connectivity index (χ3n) is 6.99. The van der Waals surface area contributed by atoms with Gasteiger partial charge in [-0.1, -0.05) is 12.1 Å². The third kappa shape index (κ3) is 5.80. The Kier molecular flexibility index (Phi) is 7.72. The fourth-order valence-electron chi connectivity index (χ4n) is 4.99. The van der Waals surface area contributed by atoms with E-state index >= 15 is 0 Å². The summed E-state index contributed by atoms with van der Waals surface area (Å²) in [7, 11) is -3.55. The van der Waals surface area contributed by atoms with E-state index in [1.54, 1.807) is 0 Å². The molecule has 0 saturated carbocycles. The first-order valence-corrected chi connectivity index (χ1v) is 13.4. The number of halogens is 3. The molecular formula is C23H30F3N3O5S. The molecule has 1 aromatic carbocycles. The van der Waals surface area contributed by atoms with Crippen LogP contribution < -0.4 is 5.32 Å². The maximum absolute atomic E-state index is 13.3. The SMILES string of the molecule is O=C(NCc1ccc(C(F)(F)F)cc1)[C@H]1CCCN1C(=O)[C@H]1CCCN(S(=O)(=O)[C@H]2CCOC2)C1. The number of rotatable bonds is 6. The Balaban J connectivity index is 1.35. The molecule has 1 aromatic rings. The van der Waals surface area contributed by atoms with E-state index in [0.29, 0.717) is 57.4 Å². The van der Waals surface area contributed by atoms with Crippen LogP contribution in [-0.4, -0.2) is 73.6 Å². The molecular weight excluding hydrogens is 487 g/mol. The number of amides is 2. The minimum Gasteiger partial charge on any atom is -0.380 e. The van der Waals surface area contributed by atoms with Crippen LogP contribution in [0.4, 0.5) is 13.2 Å². The zero-order valence-electron chi connectivity index (χ0n) is 19.3. The lowest BCUT2D eigenvalue weighted by Gasteiger charge is -2.35. The fourth-order valence-corrected chi connectivity index (χ4v) is 6.85. The average molecular weight is 518 g/mol. The summed E-state index contributed by atoms with van der Waals surface area (Å²) in [4.78, 5) is 27.7. The monoisotopic (exact) mass is 517 g/mol. The topological polar surface area (TPSA) is 96.0 Å². The van der Waals surface area contributed by atoms with Crippen molar-refractivity contribution < 1.29 is 35.9 Å². The van der Waals surface area contributed by atoms with Crippen LogP contribution in [0, 0.1) is 5.92 Å². The van der Waals surface area contributed by atoms with Gasteiger partial charge in [-0.05, 0) is 49.8 Å². The second-order valence-corrected chi connectivity index (χ2v) is 11.5. The van der Waals surface area contributed by atoms with E-state index in [0.717, 1.165) is 12.1 Å². The van der Waals surface area contributed by atoms with Gasteiger partial charge in [0, 0.05) is 32.8 Å². The van der Waals surface area contributed by atoms with Gasteiger partial charge in [-0.3, -0.25) is 9.59 Å². The lowest BCUT2D eigenvalue weighted by atomic mass is 9.97. The molecule has 0 bridgehead atoms. The van der Waals surface area contributed by atoms with E-state index in [-0.39, 0.29) is 31.5 Å². The summed E-state index contributed by atoms with van der Waals surface area (Å²) in [5.41, 5.74) is -0.240. The molecule has 3 fully saturated rings. The molecule has 1 N–H and O–H groups in total. The van der Waals surface area contributed by atoms with Crippen LogP contribution in [0.3, 0.4) is 0 Å². The molecule has 0 aromatic heterocycles. The molecule has 194 valence electrons. The Bertz CT molecular complexity index is 1030. The van der Waals surface area contributed by atoms with Crippen molar-refractivity contribution in [2.75, 3.05) is 32.8 Å². The Labute approximate surface area is 202 Å². The minimum atomic E-state index is -4.43. The number of nitrogens with zero attached hydrogens (tertiary/aromatic N) is 2. The maximum atomic E-state index is 13.3. The molecule has 0 unspecified atom stereocenters. The second-order valence-electron chi connectivity index (χ2n) is 9.33. The van der Waals surface area contributed by atoms with Gasteiger partial charge < -0.3 is 15.0 Å². The van der Waals surface area contributed by atoms with Crippen molar-refractivity contribution in [3.8, 4) is 0 Å². The van der Waals surface area contributed by atoms with Gasteiger partial charge in [-0.2, -0.15) is 13.2 Å². The molecule has 35 heavy (non-hydrogen) atoms. The Morgan fingerprint density at radius 1 is 1.06 bits per heavy atom. The lowest BCUT2D eigenvalue weighted by molar-refractivity contribution is -0.142. The highest BCUT2D eigenvalue weighted by Gasteiger charge is 2.42. The Morgan fingerprint density at radius 3 is 2.43 bits per heavy atom. The van der Waals surface area contributed by atoms with E-state index in [1.807, 2.05) is 0 Å². The van der Waals surface area contributed by atoms with Crippen LogP contribution in [0.15, 0.2) is 24.3 Å². The number of nitrogens with one attached hydrogen (secondary N) is 1. The molecule has 0 radical (unpaired) electrons. The molecule has 0 spiro atoms. The van der Waals surface area contributed by atoms with Gasteiger partial charge in [0.25, 0.3) is 0 Å². The molecule has 0 aliphatic carbocycles. The highest BCUT2D eigenvalue weighted by atomic mass is 32.2. The Morgan fingerprint density at radius 2 is 1.77 bits per heavy atom. The van der Waals surface area contributed by atoms with Crippen molar-refractivity contribution in [3.05, 3.63) is 35.4 Å². The van der Waals surface area contributed by atoms with Crippen LogP contribution in [-0.2, 0) is 37.1 Å². The summed E-state index contributed by atoms with van der Waals surface area (Å²) in [6.07, 6.45) is -1.71. The standard InChI is InChI=1S/C23H30F3N3O5S/c24-23(25,26)18-7-5-16(6-8-18)13-27-21(30)20-4-2-11-29(20)22(31)17-3-1-10-28(14-17)35(32,33)19-9-12-34-15-19/h5-8,17,19-20H,1-4,9-15H2,(H,27,30)/t17-,19-,20+/m0/s1. The quantitative estimate of drug-likeness (QED) is 0.624. The summed E-state index contributed by atoms with van der Waals surface area (Å²) < 4.78 is 70.7. The molecule has 4 rings (SSSR count). The zero-order valence-corrected chi connectivity index (χ0v) is 20.1. The number of hydrogen-bond acceptors (Lipinski definition) is 5.